The van der Waals surface area contributed by atoms with Crippen LogP contribution in [0.15, 0.2) is 55.0 Å². The summed E-state index contributed by atoms with van der Waals surface area (Å²) in [6.07, 6.45) is 5.77. The first kappa shape index (κ1) is 18.4. The smallest absolute Gasteiger partial charge is 0.229 e. The largest absolute Gasteiger partial charge is 0.376 e. The van der Waals surface area contributed by atoms with Crippen LogP contribution in [0.3, 0.4) is 0 Å². The van der Waals surface area contributed by atoms with Crippen molar-refractivity contribution in [3.63, 3.8) is 0 Å². The highest BCUT2D eigenvalue weighted by Crippen LogP contribution is 2.42. The number of aromatic amines is 1. The molecule has 2 N–H and O–H groups in total. The molecule has 7 nitrogen and oxygen atoms in total. The number of benzene rings is 1. The van der Waals surface area contributed by atoms with Crippen molar-refractivity contribution in [2.24, 2.45) is 0 Å². The number of hydrogen-bond acceptors (Lipinski definition) is 6. The summed E-state index contributed by atoms with van der Waals surface area (Å²) in [5, 5.41) is 4.53. The summed E-state index contributed by atoms with van der Waals surface area (Å²) in [5.41, 5.74) is 4.28. The predicted octanol–water partition coefficient (Wildman–Crippen LogP) is 4.59. The molecule has 0 atom stereocenters. The molecule has 0 bridgehead atoms. The minimum absolute atomic E-state index is 0.0456. The van der Waals surface area contributed by atoms with E-state index in [0.717, 1.165) is 46.0 Å². The molecule has 0 unspecified atom stereocenters. The summed E-state index contributed by atoms with van der Waals surface area (Å²) in [4.78, 5) is 21.6. The Morgan fingerprint density at radius 1 is 1.13 bits per heavy atom. The normalized spacial score (nSPS) is 14.7. The second-order valence-electron chi connectivity index (χ2n) is 8.54. The molecule has 0 aliphatic carbocycles. The van der Waals surface area contributed by atoms with Crippen LogP contribution in [-0.4, -0.2) is 40.6 Å². The van der Waals surface area contributed by atoms with E-state index in [1.165, 1.54) is 0 Å². The number of anilines is 5. The van der Waals surface area contributed by atoms with Gasteiger partial charge in [0.1, 0.15) is 11.6 Å². The fraction of sp³-hybridized carbons (Fsp3) is 0.261. The quantitative estimate of drug-likeness (QED) is 0.523. The van der Waals surface area contributed by atoms with Crippen LogP contribution in [0.2, 0.25) is 0 Å². The maximum atomic E-state index is 4.87. The molecule has 0 saturated carbocycles. The Kier molecular flexibility index (Phi) is 4.13. The van der Waals surface area contributed by atoms with Gasteiger partial charge in [-0.2, -0.15) is 4.98 Å². The molecule has 0 saturated heterocycles. The molecule has 4 heterocycles. The van der Waals surface area contributed by atoms with E-state index in [9.17, 15) is 0 Å². The molecule has 0 radical (unpaired) electrons. The zero-order valence-corrected chi connectivity index (χ0v) is 17.6. The lowest BCUT2D eigenvalue weighted by Gasteiger charge is -2.20. The number of fused-ring (bicyclic) bond motifs is 2. The molecule has 3 aromatic heterocycles. The van der Waals surface area contributed by atoms with Gasteiger partial charge < -0.3 is 20.1 Å². The summed E-state index contributed by atoms with van der Waals surface area (Å²) in [7, 11) is 4.08. The lowest BCUT2D eigenvalue weighted by molar-refractivity contribution is 0.566. The topological polar surface area (TPSA) is 73.0 Å². The molecule has 30 heavy (non-hydrogen) atoms. The summed E-state index contributed by atoms with van der Waals surface area (Å²) in [6, 6.07) is 12.2. The van der Waals surface area contributed by atoms with E-state index >= 15 is 0 Å². The van der Waals surface area contributed by atoms with Crippen LogP contribution in [0.1, 0.15) is 19.4 Å². The number of hydrogen-bond donors (Lipinski definition) is 2. The third-order valence-electron chi connectivity index (χ3n) is 5.63. The first-order valence-electron chi connectivity index (χ1n) is 10.0. The number of nitrogens with one attached hydrogen (secondary N) is 2. The first-order chi connectivity index (χ1) is 14.4. The zero-order chi connectivity index (χ0) is 20.9. The van der Waals surface area contributed by atoms with Gasteiger partial charge in [0.2, 0.25) is 5.95 Å². The number of rotatable bonds is 4. The van der Waals surface area contributed by atoms with Crippen molar-refractivity contribution < 1.29 is 0 Å². The molecular weight excluding hydrogens is 374 g/mol. The molecule has 0 spiro atoms. The third-order valence-corrected chi connectivity index (χ3v) is 5.63. The van der Waals surface area contributed by atoms with Crippen molar-refractivity contribution in [1.29, 1.82) is 0 Å². The Bertz CT molecular complexity index is 1210. The number of nitrogens with zero attached hydrogens (tertiary/aromatic N) is 5. The molecule has 1 aliphatic heterocycles. The second-order valence-corrected chi connectivity index (χ2v) is 8.54. The van der Waals surface area contributed by atoms with E-state index in [1.54, 1.807) is 0 Å². The monoisotopic (exact) mass is 399 g/mol. The van der Waals surface area contributed by atoms with Crippen LogP contribution in [0.25, 0.3) is 10.9 Å². The van der Waals surface area contributed by atoms with Crippen LogP contribution in [0, 0.1) is 0 Å². The molecule has 0 fully saturated rings. The molecule has 7 heteroatoms. The maximum Gasteiger partial charge on any atom is 0.229 e. The van der Waals surface area contributed by atoms with Crippen LogP contribution in [-0.2, 0) is 5.41 Å². The fourth-order valence-corrected chi connectivity index (χ4v) is 4.06. The summed E-state index contributed by atoms with van der Waals surface area (Å²) in [5.74, 6) is 2.39. The van der Waals surface area contributed by atoms with Crippen LogP contribution >= 0.6 is 0 Å². The molecule has 0 amide bonds. The Labute approximate surface area is 175 Å². The van der Waals surface area contributed by atoms with Gasteiger partial charge in [0.15, 0.2) is 0 Å². The molecule has 5 rings (SSSR count). The van der Waals surface area contributed by atoms with Gasteiger partial charge in [-0.25, -0.2) is 9.97 Å². The highest BCUT2D eigenvalue weighted by molar-refractivity contribution is 5.95. The van der Waals surface area contributed by atoms with Crippen LogP contribution < -0.4 is 15.1 Å². The van der Waals surface area contributed by atoms with Gasteiger partial charge >= 0.3 is 0 Å². The highest BCUT2D eigenvalue weighted by atomic mass is 15.3. The lowest BCUT2D eigenvalue weighted by Crippen LogP contribution is -2.25. The van der Waals surface area contributed by atoms with E-state index in [1.807, 2.05) is 57.0 Å². The SMILES string of the molecule is CN(C)c1c[nH]c2ccc(Nc3ncc4c(n3)N(c3ccccn3)CC4(C)C)cc12. The summed E-state index contributed by atoms with van der Waals surface area (Å²) >= 11 is 0. The fourth-order valence-electron chi connectivity index (χ4n) is 4.06. The second kappa shape index (κ2) is 6.73. The zero-order valence-electron chi connectivity index (χ0n) is 17.6. The van der Waals surface area contributed by atoms with E-state index in [4.69, 9.17) is 4.98 Å². The highest BCUT2D eigenvalue weighted by Gasteiger charge is 2.38. The van der Waals surface area contributed by atoms with Gasteiger partial charge in [-0.15, -0.1) is 0 Å². The molecule has 152 valence electrons. The predicted molar refractivity (Wildman–Crippen MR) is 122 cm³/mol. The molecular formula is C23H25N7. The van der Waals surface area contributed by atoms with Crippen molar-refractivity contribution in [2.45, 2.75) is 19.3 Å². The Hall–Kier alpha value is -3.61. The van der Waals surface area contributed by atoms with Crippen molar-refractivity contribution in [2.75, 3.05) is 35.8 Å². The maximum absolute atomic E-state index is 4.87. The minimum atomic E-state index is -0.0456. The average molecular weight is 400 g/mol. The number of pyridine rings is 1. The van der Waals surface area contributed by atoms with Crippen molar-refractivity contribution in [3.05, 3.63) is 60.6 Å². The minimum Gasteiger partial charge on any atom is -0.376 e. The van der Waals surface area contributed by atoms with E-state index in [-0.39, 0.29) is 5.41 Å². The van der Waals surface area contributed by atoms with E-state index < -0.39 is 0 Å². The van der Waals surface area contributed by atoms with Gasteiger partial charge in [0.25, 0.3) is 0 Å². The van der Waals surface area contributed by atoms with E-state index in [0.29, 0.717) is 5.95 Å². The Morgan fingerprint density at radius 3 is 2.77 bits per heavy atom. The third kappa shape index (κ3) is 3.03. The Morgan fingerprint density at radius 2 is 2.00 bits per heavy atom. The van der Waals surface area contributed by atoms with Gasteiger partial charge in [-0.05, 0) is 30.3 Å². The van der Waals surface area contributed by atoms with Crippen LogP contribution in [0.5, 0.6) is 0 Å². The molecule has 1 aromatic carbocycles. The Balaban J connectivity index is 1.51. The summed E-state index contributed by atoms with van der Waals surface area (Å²) < 4.78 is 0. The van der Waals surface area contributed by atoms with Crippen molar-refractivity contribution in [1.82, 2.24) is 19.9 Å². The van der Waals surface area contributed by atoms with Crippen molar-refractivity contribution >= 4 is 39.9 Å². The standard InChI is InChI=1S/C23H25N7/c1-23(2)14-30(20-7-5-6-10-24-20)21-17(23)12-26-22(28-21)27-15-8-9-18-16(11-15)19(13-25-18)29(3)4/h5-13,25H,14H2,1-4H3,(H,26,27,28). The molecule has 4 aromatic rings. The first-order valence-corrected chi connectivity index (χ1v) is 10.0. The lowest BCUT2D eigenvalue weighted by atomic mass is 9.89. The molecule has 1 aliphatic rings. The number of aromatic nitrogens is 4. The van der Waals surface area contributed by atoms with E-state index in [2.05, 4.69) is 56.0 Å². The number of H-pyrrole nitrogens is 1. The van der Waals surface area contributed by atoms with Gasteiger partial charge in [0, 0.05) is 66.8 Å². The van der Waals surface area contributed by atoms with Gasteiger partial charge in [0.05, 0.1) is 5.69 Å². The van der Waals surface area contributed by atoms with Gasteiger partial charge in [-0.1, -0.05) is 19.9 Å². The average Bonchev–Trinajstić information content (AvgIpc) is 3.27. The van der Waals surface area contributed by atoms with Crippen LogP contribution in [0.4, 0.5) is 29.0 Å². The summed E-state index contributed by atoms with van der Waals surface area (Å²) in [6.45, 7) is 5.25. The van der Waals surface area contributed by atoms with Gasteiger partial charge in [-0.3, -0.25) is 0 Å². The van der Waals surface area contributed by atoms with Crippen molar-refractivity contribution in [3.8, 4) is 0 Å².